The maximum atomic E-state index is 5.77. The number of nitrogens with one attached hydrogen (secondary N) is 1. The summed E-state index contributed by atoms with van der Waals surface area (Å²) in [6, 6.07) is 5.85. The van der Waals surface area contributed by atoms with E-state index in [4.69, 9.17) is 16.3 Å². The van der Waals surface area contributed by atoms with Crippen LogP contribution in [0.4, 0.5) is 5.69 Å². The largest absolute Gasteiger partial charge is 0.495 e. The van der Waals surface area contributed by atoms with Crippen molar-refractivity contribution in [3.63, 3.8) is 0 Å². The lowest BCUT2D eigenvalue weighted by Gasteiger charge is -2.10. The topological polar surface area (TPSA) is 34.1 Å². The predicted octanol–water partition coefficient (Wildman–Crippen LogP) is 4.18. The van der Waals surface area contributed by atoms with Crippen LogP contribution in [0.2, 0.25) is 4.47 Å². The summed E-state index contributed by atoms with van der Waals surface area (Å²) in [4.78, 5) is 5.07. The molecule has 0 saturated heterocycles. The fraction of sp³-hybridized carbons (Fsp3) is 0.182. The summed E-state index contributed by atoms with van der Waals surface area (Å²) in [5.74, 6) is 0.801. The number of ether oxygens (including phenoxy) is 1. The summed E-state index contributed by atoms with van der Waals surface area (Å²) in [5.41, 5.74) is 0.945. The minimum absolute atomic E-state index is 0.560. The fourth-order valence-electron chi connectivity index (χ4n) is 1.36. The molecule has 0 aliphatic carbocycles. The molecular formula is C11H10BrClN2OS. The summed E-state index contributed by atoms with van der Waals surface area (Å²) in [6.45, 7) is 0.683. The van der Waals surface area contributed by atoms with Gasteiger partial charge in [0.15, 0.2) is 4.47 Å². The highest BCUT2D eigenvalue weighted by molar-refractivity contribution is 9.10. The molecule has 0 fully saturated rings. The maximum Gasteiger partial charge on any atom is 0.183 e. The summed E-state index contributed by atoms with van der Waals surface area (Å²) >= 11 is 10.6. The second-order valence-electron chi connectivity index (χ2n) is 3.28. The van der Waals surface area contributed by atoms with Gasteiger partial charge in [-0.1, -0.05) is 27.5 Å². The molecule has 0 bridgehead atoms. The van der Waals surface area contributed by atoms with E-state index in [0.29, 0.717) is 11.0 Å². The molecular weight excluding hydrogens is 324 g/mol. The SMILES string of the molecule is COc1cc(Br)ccc1NCc1cnc(Cl)s1. The van der Waals surface area contributed by atoms with Crippen molar-refractivity contribution in [3.05, 3.63) is 38.2 Å². The number of anilines is 1. The first kappa shape index (κ1) is 12.7. The number of halogens is 2. The molecule has 90 valence electrons. The fourth-order valence-corrected chi connectivity index (χ4v) is 2.62. The highest BCUT2D eigenvalue weighted by atomic mass is 79.9. The van der Waals surface area contributed by atoms with E-state index in [2.05, 4.69) is 26.2 Å². The van der Waals surface area contributed by atoms with Crippen LogP contribution in [-0.4, -0.2) is 12.1 Å². The average Bonchev–Trinajstić information content (AvgIpc) is 2.73. The maximum absolute atomic E-state index is 5.77. The van der Waals surface area contributed by atoms with Gasteiger partial charge in [-0.3, -0.25) is 0 Å². The Kier molecular flexibility index (Phi) is 4.25. The van der Waals surface area contributed by atoms with Crippen molar-refractivity contribution in [1.29, 1.82) is 0 Å². The van der Waals surface area contributed by atoms with Gasteiger partial charge in [0.25, 0.3) is 0 Å². The Bertz CT molecular complexity index is 518. The molecule has 0 amide bonds. The predicted molar refractivity (Wildman–Crippen MR) is 75.1 cm³/mol. The van der Waals surface area contributed by atoms with Crippen molar-refractivity contribution >= 4 is 44.6 Å². The van der Waals surface area contributed by atoms with Crippen LogP contribution in [0.5, 0.6) is 5.75 Å². The molecule has 1 N–H and O–H groups in total. The van der Waals surface area contributed by atoms with E-state index >= 15 is 0 Å². The van der Waals surface area contributed by atoms with E-state index in [1.807, 2.05) is 18.2 Å². The van der Waals surface area contributed by atoms with E-state index in [1.165, 1.54) is 11.3 Å². The monoisotopic (exact) mass is 332 g/mol. The second-order valence-corrected chi connectivity index (χ2v) is 5.89. The Hall–Kier alpha value is -0.780. The summed E-state index contributed by atoms with van der Waals surface area (Å²) < 4.78 is 6.84. The quantitative estimate of drug-likeness (QED) is 0.911. The Labute approximate surface area is 117 Å². The minimum atomic E-state index is 0.560. The van der Waals surface area contributed by atoms with Crippen molar-refractivity contribution in [2.75, 3.05) is 12.4 Å². The summed E-state index contributed by atoms with van der Waals surface area (Å²) in [6.07, 6.45) is 1.77. The van der Waals surface area contributed by atoms with E-state index in [0.717, 1.165) is 20.8 Å². The second kappa shape index (κ2) is 5.71. The molecule has 6 heteroatoms. The Morgan fingerprint density at radius 3 is 3.00 bits per heavy atom. The van der Waals surface area contributed by atoms with Crippen molar-refractivity contribution in [3.8, 4) is 5.75 Å². The zero-order valence-corrected chi connectivity index (χ0v) is 12.2. The van der Waals surface area contributed by atoms with Crippen molar-refractivity contribution in [2.24, 2.45) is 0 Å². The number of methoxy groups -OCH3 is 1. The molecule has 0 radical (unpaired) electrons. The number of rotatable bonds is 4. The van der Waals surface area contributed by atoms with Crippen LogP contribution < -0.4 is 10.1 Å². The van der Waals surface area contributed by atoms with Crippen LogP contribution >= 0.6 is 38.9 Å². The van der Waals surface area contributed by atoms with Gasteiger partial charge in [-0.2, -0.15) is 0 Å². The molecule has 0 spiro atoms. The number of aromatic nitrogens is 1. The van der Waals surface area contributed by atoms with Gasteiger partial charge in [0.1, 0.15) is 5.75 Å². The van der Waals surface area contributed by atoms with Gasteiger partial charge < -0.3 is 10.1 Å². The Balaban J connectivity index is 2.08. The number of nitrogens with zero attached hydrogens (tertiary/aromatic N) is 1. The van der Waals surface area contributed by atoms with Gasteiger partial charge in [0.2, 0.25) is 0 Å². The highest BCUT2D eigenvalue weighted by Crippen LogP contribution is 2.29. The number of thiazole rings is 1. The molecule has 0 atom stereocenters. The highest BCUT2D eigenvalue weighted by Gasteiger charge is 2.04. The molecule has 1 aromatic heterocycles. The third-order valence-electron chi connectivity index (χ3n) is 2.14. The lowest BCUT2D eigenvalue weighted by Crippen LogP contribution is -1.99. The first-order valence-electron chi connectivity index (χ1n) is 4.86. The molecule has 0 unspecified atom stereocenters. The molecule has 0 aliphatic heterocycles. The van der Waals surface area contributed by atoms with E-state index < -0.39 is 0 Å². The van der Waals surface area contributed by atoms with Crippen LogP contribution in [0.3, 0.4) is 0 Å². The lowest BCUT2D eigenvalue weighted by molar-refractivity contribution is 0.416. The number of hydrogen-bond donors (Lipinski definition) is 1. The lowest BCUT2D eigenvalue weighted by atomic mass is 10.3. The van der Waals surface area contributed by atoms with Gasteiger partial charge in [-0.15, -0.1) is 11.3 Å². The van der Waals surface area contributed by atoms with Gasteiger partial charge in [-0.25, -0.2) is 4.98 Å². The summed E-state index contributed by atoms with van der Waals surface area (Å²) in [7, 11) is 1.65. The Morgan fingerprint density at radius 1 is 1.53 bits per heavy atom. The molecule has 2 aromatic rings. The normalized spacial score (nSPS) is 10.3. The van der Waals surface area contributed by atoms with E-state index in [-0.39, 0.29) is 0 Å². The molecule has 17 heavy (non-hydrogen) atoms. The third-order valence-corrected chi connectivity index (χ3v) is 3.75. The van der Waals surface area contributed by atoms with Crippen LogP contribution in [0, 0.1) is 0 Å². The van der Waals surface area contributed by atoms with Crippen molar-refractivity contribution < 1.29 is 4.74 Å². The molecule has 0 saturated carbocycles. The Morgan fingerprint density at radius 2 is 2.35 bits per heavy atom. The van der Waals surface area contributed by atoms with Crippen LogP contribution in [0.1, 0.15) is 4.88 Å². The van der Waals surface area contributed by atoms with Crippen LogP contribution in [0.15, 0.2) is 28.9 Å². The number of benzene rings is 1. The van der Waals surface area contributed by atoms with Crippen LogP contribution in [0.25, 0.3) is 0 Å². The molecule has 1 heterocycles. The molecule has 3 nitrogen and oxygen atoms in total. The first-order chi connectivity index (χ1) is 8.19. The zero-order valence-electron chi connectivity index (χ0n) is 9.04. The van der Waals surface area contributed by atoms with E-state index in [1.54, 1.807) is 13.3 Å². The number of hydrogen-bond acceptors (Lipinski definition) is 4. The summed E-state index contributed by atoms with van der Waals surface area (Å²) in [5, 5.41) is 3.29. The zero-order chi connectivity index (χ0) is 12.3. The van der Waals surface area contributed by atoms with Crippen LogP contribution in [-0.2, 0) is 6.54 Å². The molecule has 0 aliphatic rings. The minimum Gasteiger partial charge on any atom is -0.495 e. The molecule has 2 rings (SSSR count). The first-order valence-corrected chi connectivity index (χ1v) is 6.85. The third kappa shape index (κ3) is 3.34. The van der Waals surface area contributed by atoms with Crippen molar-refractivity contribution in [1.82, 2.24) is 4.98 Å². The van der Waals surface area contributed by atoms with Gasteiger partial charge in [0, 0.05) is 15.5 Å². The smallest absolute Gasteiger partial charge is 0.183 e. The van der Waals surface area contributed by atoms with E-state index in [9.17, 15) is 0 Å². The van der Waals surface area contributed by atoms with Gasteiger partial charge >= 0.3 is 0 Å². The standard InChI is InChI=1S/C11H10BrClN2OS/c1-16-10-4-7(12)2-3-9(10)14-5-8-6-15-11(13)17-8/h2-4,6,14H,5H2,1H3. The average molecular weight is 334 g/mol. The van der Waals surface area contributed by atoms with Gasteiger partial charge in [-0.05, 0) is 18.2 Å². The van der Waals surface area contributed by atoms with Crippen molar-refractivity contribution in [2.45, 2.75) is 6.54 Å². The van der Waals surface area contributed by atoms with Gasteiger partial charge in [0.05, 0.1) is 19.3 Å². The molecule has 1 aromatic carbocycles.